The molecule has 0 spiro atoms. The highest BCUT2D eigenvalue weighted by Crippen LogP contribution is 2.17. The number of hydrogen-bond acceptors (Lipinski definition) is 2. The van der Waals surface area contributed by atoms with Crippen molar-refractivity contribution in [3.8, 4) is 0 Å². The van der Waals surface area contributed by atoms with Gasteiger partial charge in [0.15, 0.2) is 0 Å². The van der Waals surface area contributed by atoms with Gasteiger partial charge in [-0.15, -0.1) is 0 Å². The SMILES string of the molecule is CC(Cn1ccnc1)NCC1CC=CCC1. The number of allylic oxidation sites excluding steroid dienone is 2. The highest BCUT2D eigenvalue weighted by atomic mass is 15.1. The van der Waals surface area contributed by atoms with Crippen molar-refractivity contribution < 1.29 is 0 Å². The second kappa shape index (κ2) is 5.85. The van der Waals surface area contributed by atoms with Crippen LogP contribution in [0.25, 0.3) is 0 Å². The third kappa shape index (κ3) is 3.49. The lowest BCUT2D eigenvalue weighted by molar-refractivity contribution is 0.390. The molecule has 0 fully saturated rings. The molecular formula is C13H21N3. The average molecular weight is 219 g/mol. The normalized spacial score (nSPS) is 22.2. The minimum absolute atomic E-state index is 0.514. The molecular weight excluding hydrogens is 198 g/mol. The molecule has 0 saturated heterocycles. The van der Waals surface area contributed by atoms with Crippen molar-refractivity contribution in [3.63, 3.8) is 0 Å². The molecule has 1 aromatic rings. The van der Waals surface area contributed by atoms with E-state index in [1.807, 2.05) is 18.7 Å². The summed E-state index contributed by atoms with van der Waals surface area (Å²) in [6.07, 6.45) is 14.2. The molecule has 0 aromatic carbocycles. The average Bonchev–Trinajstić information content (AvgIpc) is 2.81. The third-order valence-corrected chi connectivity index (χ3v) is 3.18. The van der Waals surface area contributed by atoms with Crippen LogP contribution in [-0.2, 0) is 6.54 Å². The fourth-order valence-electron chi connectivity index (χ4n) is 2.19. The number of hydrogen-bond donors (Lipinski definition) is 1. The smallest absolute Gasteiger partial charge is 0.0946 e. The van der Waals surface area contributed by atoms with E-state index in [1.54, 1.807) is 0 Å². The van der Waals surface area contributed by atoms with E-state index in [2.05, 4.69) is 33.9 Å². The number of aromatic nitrogens is 2. The quantitative estimate of drug-likeness (QED) is 0.770. The fourth-order valence-corrected chi connectivity index (χ4v) is 2.19. The summed E-state index contributed by atoms with van der Waals surface area (Å²) < 4.78 is 2.12. The van der Waals surface area contributed by atoms with Gasteiger partial charge in [-0.2, -0.15) is 0 Å². The highest BCUT2D eigenvalue weighted by Gasteiger charge is 2.11. The van der Waals surface area contributed by atoms with Crippen LogP contribution in [0.1, 0.15) is 26.2 Å². The van der Waals surface area contributed by atoms with Crippen LogP contribution in [0, 0.1) is 5.92 Å². The zero-order chi connectivity index (χ0) is 11.2. The summed E-state index contributed by atoms with van der Waals surface area (Å²) in [6.45, 7) is 4.38. The van der Waals surface area contributed by atoms with Crippen LogP contribution in [0.15, 0.2) is 30.9 Å². The molecule has 0 saturated carbocycles. The Labute approximate surface area is 97.6 Å². The molecule has 2 unspecified atom stereocenters. The molecule has 2 rings (SSSR count). The molecule has 3 nitrogen and oxygen atoms in total. The van der Waals surface area contributed by atoms with Gasteiger partial charge in [0.25, 0.3) is 0 Å². The molecule has 1 aliphatic carbocycles. The topological polar surface area (TPSA) is 29.9 Å². The summed E-state index contributed by atoms with van der Waals surface area (Å²) in [5.74, 6) is 0.829. The van der Waals surface area contributed by atoms with Crippen LogP contribution < -0.4 is 5.32 Å². The molecule has 1 heterocycles. The van der Waals surface area contributed by atoms with Crippen LogP contribution in [-0.4, -0.2) is 22.1 Å². The molecule has 1 N–H and O–H groups in total. The van der Waals surface area contributed by atoms with Gasteiger partial charge in [-0.1, -0.05) is 12.2 Å². The summed E-state index contributed by atoms with van der Waals surface area (Å²) in [5, 5.41) is 3.61. The Balaban J connectivity index is 1.67. The fraction of sp³-hybridized carbons (Fsp3) is 0.615. The van der Waals surface area contributed by atoms with Crippen LogP contribution in [0.4, 0.5) is 0 Å². The second-order valence-corrected chi connectivity index (χ2v) is 4.72. The Morgan fingerprint density at radius 3 is 3.12 bits per heavy atom. The van der Waals surface area contributed by atoms with E-state index in [4.69, 9.17) is 0 Å². The van der Waals surface area contributed by atoms with Crippen LogP contribution in [0.3, 0.4) is 0 Å². The van der Waals surface area contributed by atoms with Gasteiger partial charge in [-0.05, 0) is 38.6 Å². The van der Waals surface area contributed by atoms with Crippen molar-refractivity contribution in [1.29, 1.82) is 0 Å². The first-order valence-corrected chi connectivity index (χ1v) is 6.18. The maximum atomic E-state index is 4.05. The molecule has 0 amide bonds. The summed E-state index contributed by atoms with van der Waals surface area (Å²) >= 11 is 0. The molecule has 2 atom stereocenters. The maximum absolute atomic E-state index is 4.05. The Morgan fingerprint density at radius 2 is 2.44 bits per heavy atom. The predicted molar refractivity (Wildman–Crippen MR) is 66.2 cm³/mol. The van der Waals surface area contributed by atoms with Gasteiger partial charge < -0.3 is 9.88 Å². The van der Waals surface area contributed by atoms with Crippen LogP contribution in [0.2, 0.25) is 0 Å². The minimum Gasteiger partial charge on any atom is -0.336 e. The van der Waals surface area contributed by atoms with Crippen molar-refractivity contribution in [2.75, 3.05) is 6.54 Å². The summed E-state index contributed by atoms with van der Waals surface area (Å²) in [6, 6.07) is 0.514. The summed E-state index contributed by atoms with van der Waals surface area (Å²) in [4.78, 5) is 4.05. The molecule has 1 aliphatic rings. The van der Waals surface area contributed by atoms with Gasteiger partial charge in [-0.25, -0.2) is 4.98 Å². The van der Waals surface area contributed by atoms with Crippen molar-refractivity contribution in [2.45, 2.75) is 38.8 Å². The Kier molecular flexibility index (Phi) is 4.17. The zero-order valence-corrected chi connectivity index (χ0v) is 9.97. The standard InChI is InChI=1S/C13H21N3/c1-12(10-16-8-7-14-11-16)15-9-13-5-3-2-4-6-13/h2-3,7-8,11-13,15H,4-6,9-10H2,1H3. The summed E-state index contributed by atoms with van der Waals surface area (Å²) in [5.41, 5.74) is 0. The molecule has 0 bridgehead atoms. The van der Waals surface area contributed by atoms with Crippen LogP contribution >= 0.6 is 0 Å². The first kappa shape index (κ1) is 11.4. The maximum Gasteiger partial charge on any atom is 0.0946 e. The zero-order valence-electron chi connectivity index (χ0n) is 9.97. The van der Waals surface area contributed by atoms with E-state index >= 15 is 0 Å². The van der Waals surface area contributed by atoms with E-state index in [0.717, 1.165) is 19.0 Å². The van der Waals surface area contributed by atoms with Gasteiger partial charge in [0, 0.05) is 25.0 Å². The molecule has 88 valence electrons. The predicted octanol–water partition coefficient (Wildman–Crippen LogP) is 2.22. The van der Waals surface area contributed by atoms with E-state index in [1.165, 1.54) is 19.3 Å². The van der Waals surface area contributed by atoms with Gasteiger partial charge in [0.1, 0.15) is 0 Å². The molecule has 16 heavy (non-hydrogen) atoms. The lowest BCUT2D eigenvalue weighted by Gasteiger charge is -2.21. The molecule has 0 radical (unpaired) electrons. The lowest BCUT2D eigenvalue weighted by atomic mass is 9.94. The number of rotatable bonds is 5. The van der Waals surface area contributed by atoms with E-state index in [-0.39, 0.29) is 0 Å². The van der Waals surface area contributed by atoms with E-state index in [9.17, 15) is 0 Å². The van der Waals surface area contributed by atoms with Gasteiger partial charge in [-0.3, -0.25) is 0 Å². The van der Waals surface area contributed by atoms with Crippen molar-refractivity contribution in [3.05, 3.63) is 30.9 Å². The number of nitrogens with zero attached hydrogens (tertiary/aromatic N) is 2. The molecule has 0 aliphatic heterocycles. The Bertz CT molecular complexity index is 316. The lowest BCUT2D eigenvalue weighted by Crippen LogP contribution is -2.34. The molecule has 1 aromatic heterocycles. The molecule has 3 heteroatoms. The van der Waals surface area contributed by atoms with Gasteiger partial charge in [0.05, 0.1) is 6.33 Å². The van der Waals surface area contributed by atoms with Crippen LogP contribution in [0.5, 0.6) is 0 Å². The Hall–Kier alpha value is -1.09. The van der Waals surface area contributed by atoms with Crippen molar-refractivity contribution >= 4 is 0 Å². The largest absolute Gasteiger partial charge is 0.336 e. The number of nitrogens with one attached hydrogen (secondary N) is 1. The first-order chi connectivity index (χ1) is 7.84. The number of imidazole rings is 1. The van der Waals surface area contributed by atoms with E-state index < -0.39 is 0 Å². The first-order valence-electron chi connectivity index (χ1n) is 6.18. The second-order valence-electron chi connectivity index (χ2n) is 4.72. The van der Waals surface area contributed by atoms with Gasteiger partial charge >= 0.3 is 0 Å². The summed E-state index contributed by atoms with van der Waals surface area (Å²) in [7, 11) is 0. The van der Waals surface area contributed by atoms with Crippen molar-refractivity contribution in [2.24, 2.45) is 5.92 Å². The van der Waals surface area contributed by atoms with Gasteiger partial charge in [0.2, 0.25) is 0 Å². The van der Waals surface area contributed by atoms with Crippen molar-refractivity contribution in [1.82, 2.24) is 14.9 Å². The highest BCUT2D eigenvalue weighted by molar-refractivity contribution is 4.90. The monoisotopic (exact) mass is 219 g/mol. The third-order valence-electron chi connectivity index (χ3n) is 3.18. The van der Waals surface area contributed by atoms with E-state index in [0.29, 0.717) is 6.04 Å². The minimum atomic E-state index is 0.514. The Morgan fingerprint density at radius 1 is 1.50 bits per heavy atom.